The predicted octanol–water partition coefficient (Wildman–Crippen LogP) is 16.3. The van der Waals surface area contributed by atoms with Crippen LogP contribution in [0.3, 0.4) is 0 Å². The molecule has 1 heterocycles. The summed E-state index contributed by atoms with van der Waals surface area (Å²) in [6, 6.07) is 92.6. The van der Waals surface area contributed by atoms with Crippen LogP contribution >= 0.6 is 11.3 Å². The number of rotatable bonds is 7. The van der Waals surface area contributed by atoms with Gasteiger partial charge in [0.2, 0.25) is 0 Å². The van der Waals surface area contributed by atoms with Gasteiger partial charge in [-0.1, -0.05) is 200 Å². The van der Waals surface area contributed by atoms with E-state index in [2.05, 4.69) is 254 Å². The van der Waals surface area contributed by atoms with Crippen LogP contribution in [-0.4, -0.2) is 0 Å². The minimum atomic E-state index is -0.465. The molecule has 0 N–H and O–H groups in total. The Bertz CT molecular complexity index is 3270. The number of hydrogen-bond acceptors (Lipinski definition) is 2. The van der Waals surface area contributed by atoms with Crippen molar-refractivity contribution < 1.29 is 0 Å². The average Bonchev–Trinajstić information content (AvgIpc) is 4.00. The zero-order valence-corrected chi connectivity index (χ0v) is 35.8. The van der Waals surface area contributed by atoms with Crippen LogP contribution in [0.5, 0.6) is 0 Å². The summed E-state index contributed by atoms with van der Waals surface area (Å²) in [5.74, 6) is 0. The van der Waals surface area contributed by atoms with Crippen molar-refractivity contribution in [1.82, 2.24) is 0 Å². The first-order chi connectivity index (χ1) is 31.7. The van der Waals surface area contributed by atoms with Crippen LogP contribution in [0.1, 0.15) is 44.5 Å². The normalized spacial score (nSPS) is 13.9. The van der Waals surface area contributed by atoms with Crippen LogP contribution in [0.15, 0.2) is 249 Å². The van der Waals surface area contributed by atoms with Crippen molar-refractivity contribution in [3.05, 3.63) is 293 Å². The van der Waals surface area contributed by atoms with E-state index in [4.69, 9.17) is 0 Å². The van der Waals surface area contributed by atoms with Crippen LogP contribution in [0.4, 0.5) is 17.1 Å². The summed E-state index contributed by atoms with van der Waals surface area (Å²) in [5.41, 5.74) is 17.9. The van der Waals surface area contributed by atoms with Crippen LogP contribution in [0.25, 0.3) is 42.4 Å². The molecule has 2 aliphatic rings. The molecule has 0 unspecified atom stereocenters. The Morgan fingerprint density at radius 3 is 1.06 bits per heavy atom. The molecule has 0 fully saturated rings. The number of thiophene rings is 1. The molecule has 0 amide bonds. The van der Waals surface area contributed by atoms with Gasteiger partial charge in [-0.2, -0.15) is 0 Å². The third kappa shape index (κ3) is 5.18. The van der Waals surface area contributed by atoms with Gasteiger partial charge in [0.05, 0.1) is 10.8 Å². The van der Waals surface area contributed by atoms with E-state index in [1.807, 2.05) is 11.3 Å². The third-order valence-corrected chi connectivity index (χ3v) is 15.2. The average molecular weight is 832 g/mol. The minimum absolute atomic E-state index is 0.465. The van der Waals surface area contributed by atoms with Gasteiger partial charge in [0.25, 0.3) is 0 Å². The summed E-state index contributed by atoms with van der Waals surface area (Å²) in [7, 11) is 0. The monoisotopic (exact) mass is 831 g/mol. The summed E-state index contributed by atoms with van der Waals surface area (Å²) in [6.45, 7) is 0. The molecule has 0 atom stereocenters. The van der Waals surface area contributed by atoms with Crippen LogP contribution in [0, 0.1) is 0 Å². The van der Waals surface area contributed by atoms with E-state index in [0.29, 0.717) is 0 Å². The highest BCUT2D eigenvalue weighted by Crippen LogP contribution is 2.58. The Hall–Kier alpha value is -7.78. The SMILES string of the molecule is c1ccc(C2(c3ccc(N(c4ccc(C5(c6ccccc6)c6ccccc6-c6ccccc65)cc4)c4ccc5sc6ccccc6c5c4)cc3)c3ccccc3-c3ccccc32)cc1. The van der Waals surface area contributed by atoms with E-state index in [-0.39, 0.29) is 0 Å². The minimum Gasteiger partial charge on any atom is -0.310 e. The summed E-state index contributed by atoms with van der Waals surface area (Å²) in [6.07, 6.45) is 0. The van der Waals surface area contributed by atoms with Crippen molar-refractivity contribution in [2.45, 2.75) is 10.8 Å². The van der Waals surface area contributed by atoms with Crippen LogP contribution < -0.4 is 4.90 Å². The lowest BCUT2D eigenvalue weighted by Gasteiger charge is -2.35. The van der Waals surface area contributed by atoms with E-state index in [1.165, 1.54) is 86.9 Å². The summed E-state index contributed by atoms with van der Waals surface area (Å²) in [5, 5.41) is 2.57. The Labute approximate surface area is 377 Å². The second kappa shape index (κ2) is 14.4. The maximum atomic E-state index is 2.44. The van der Waals surface area contributed by atoms with Gasteiger partial charge in [0.1, 0.15) is 0 Å². The molecule has 0 radical (unpaired) electrons. The number of fused-ring (bicyclic) bond motifs is 9. The summed E-state index contributed by atoms with van der Waals surface area (Å²) >= 11 is 1.86. The fourth-order valence-electron chi connectivity index (χ4n) is 11.4. The molecule has 300 valence electrons. The molecule has 2 aliphatic carbocycles. The lowest BCUT2D eigenvalue weighted by atomic mass is 9.67. The molecule has 13 rings (SSSR count). The maximum absolute atomic E-state index is 2.44. The molecule has 10 aromatic carbocycles. The molecule has 0 saturated carbocycles. The number of nitrogens with zero attached hydrogens (tertiary/aromatic N) is 1. The zero-order valence-electron chi connectivity index (χ0n) is 35.0. The highest BCUT2D eigenvalue weighted by atomic mass is 32.1. The molecule has 0 aliphatic heterocycles. The summed E-state index contributed by atoms with van der Waals surface area (Å²) < 4.78 is 2.60. The Morgan fingerprint density at radius 2 is 0.609 bits per heavy atom. The Morgan fingerprint density at radius 1 is 0.266 bits per heavy atom. The van der Waals surface area contributed by atoms with E-state index in [1.54, 1.807) is 0 Å². The molecular weight excluding hydrogens is 791 g/mol. The fourth-order valence-corrected chi connectivity index (χ4v) is 12.5. The number of benzene rings is 10. The van der Waals surface area contributed by atoms with Gasteiger partial charge in [-0.05, 0) is 115 Å². The molecule has 2 heteroatoms. The van der Waals surface area contributed by atoms with Crippen LogP contribution in [-0.2, 0) is 10.8 Å². The van der Waals surface area contributed by atoms with Crippen molar-refractivity contribution >= 4 is 48.6 Å². The molecular formula is C62H41NS. The fraction of sp³-hybridized carbons (Fsp3) is 0.0323. The van der Waals surface area contributed by atoms with Gasteiger partial charge in [-0.25, -0.2) is 0 Å². The van der Waals surface area contributed by atoms with Gasteiger partial charge >= 0.3 is 0 Å². The van der Waals surface area contributed by atoms with E-state index in [9.17, 15) is 0 Å². The molecule has 1 nitrogen and oxygen atoms in total. The van der Waals surface area contributed by atoms with Gasteiger partial charge in [0.15, 0.2) is 0 Å². The topological polar surface area (TPSA) is 3.24 Å². The van der Waals surface area contributed by atoms with Gasteiger partial charge in [-0.3, -0.25) is 0 Å². The van der Waals surface area contributed by atoms with Crippen LogP contribution in [0.2, 0.25) is 0 Å². The van der Waals surface area contributed by atoms with Crippen molar-refractivity contribution in [3.63, 3.8) is 0 Å². The first-order valence-corrected chi connectivity index (χ1v) is 23.0. The quantitative estimate of drug-likeness (QED) is 0.155. The van der Waals surface area contributed by atoms with E-state index in [0.717, 1.165) is 17.1 Å². The van der Waals surface area contributed by atoms with E-state index < -0.39 is 10.8 Å². The maximum Gasteiger partial charge on any atom is 0.0713 e. The predicted molar refractivity (Wildman–Crippen MR) is 269 cm³/mol. The van der Waals surface area contributed by atoms with Crippen molar-refractivity contribution in [1.29, 1.82) is 0 Å². The number of anilines is 3. The highest BCUT2D eigenvalue weighted by Gasteiger charge is 2.47. The molecule has 11 aromatic rings. The second-order valence-corrected chi connectivity index (χ2v) is 18.2. The smallest absolute Gasteiger partial charge is 0.0713 e. The number of hydrogen-bond donors (Lipinski definition) is 0. The highest BCUT2D eigenvalue weighted by molar-refractivity contribution is 7.25. The first-order valence-electron chi connectivity index (χ1n) is 22.2. The van der Waals surface area contributed by atoms with E-state index >= 15 is 0 Å². The zero-order chi connectivity index (χ0) is 42.2. The Balaban J connectivity index is 1.01. The third-order valence-electron chi connectivity index (χ3n) is 14.1. The van der Waals surface area contributed by atoms with Gasteiger partial charge in [0, 0.05) is 37.2 Å². The van der Waals surface area contributed by atoms with Gasteiger partial charge in [-0.15, -0.1) is 11.3 Å². The molecule has 0 spiro atoms. The van der Waals surface area contributed by atoms with Crippen molar-refractivity contribution in [2.75, 3.05) is 4.90 Å². The summed E-state index contributed by atoms with van der Waals surface area (Å²) in [4.78, 5) is 2.44. The molecule has 1 aromatic heterocycles. The largest absolute Gasteiger partial charge is 0.310 e. The van der Waals surface area contributed by atoms with Crippen molar-refractivity contribution in [3.8, 4) is 22.3 Å². The standard InChI is InChI=1S/C62H41NS/c1-3-17-42(18-4-1)61(55-26-12-7-21-49(55)50-22-8-13-27-56(50)61)44-31-35-46(36-32-44)63(48-39-40-60-54(41-48)53-25-11-16-30-59(53)64-60)47-37-33-45(34-38-47)62(43-19-5-2-6-20-43)57-28-14-9-23-51(57)52-24-10-15-29-58(52)62/h1-41H. The lowest BCUT2D eigenvalue weighted by molar-refractivity contribution is 0.768. The molecule has 64 heavy (non-hydrogen) atoms. The molecule has 0 saturated heterocycles. The second-order valence-electron chi connectivity index (χ2n) is 17.1. The lowest BCUT2D eigenvalue weighted by Crippen LogP contribution is -2.28. The Kier molecular flexibility index (Phi) is 8.28. The molecule has 0 bridgehead atoms. The van der Waals surface area contributed by atoms with Crippen molar-refractivity contribution in [2.24, 2.45) is 0 Å². The first kappa shape index (κ1) is 36.8. The van der Waals surface area contributed by atoms with Gasteiger partial charge < -0.3 is 4.90 Å².